The molecule has 2 rings (SSSR count). The van der Waals surface area contributed by atoms with Gasteiger partial charge in [0.05, 0.1) is 18.2 Å². The first-order chi connectivity index (χ1) is 13.6. The normalized spacial score (nSPS) is 10.9. The highest BCUT2D eigenvalue weighted by atomic mass is 35.5. The molecule has 0 spiro atoms. The third-order valence-electron chi connectivity index (χ3n) is 4.03. The quantitative estimate of drug-likeness (QED) is 0.441. The van der Waals surface area contributed by atoms with Gasteiger partial charge in [-0.2, -0.15) is 0 Å². The van der Waals surface area contributed by atoms with Crippen LogP contribution >= 0.6 is 11.6 Å². The topological polar surface area (TPSA) is 62.8 Å². The lowest BCUT2D eigenvalue weighted by atomic mass is 10.2. The largest absolute Gasteiger partial charge is 0.490 e. The van der Waals surface area contributed by atoms with Gasteiger partial charge in [0.15, 0.2) is 11.5 Å². The summed E-state index contributed by atoms with van der Waals surface area (Å²) >= 11 is 6.06. The highest BCUT2D eigenvalue weighted by molar-refractivity contribution is 6.31. The van der Waals surface area contributed by atoms with Crippen molar-refractivity contribution in [1.29, 1.82) is 0 Å². The van der Waals surface area contributed by atoms with E-state index in [1.54, 1.807) is 6.07 Å². The average Bonchev–Trinajstić information content (AvgIpc) is 2.68. The zero-order valence-electron chi connectivity index (χ0n) is 16.1. The number of ether oxygens (including phenoxy) is 2. The summed E-state index contributed by atoms with van der Waals surface area (Å²) in [5.74, 6) is 0.925. The number of benzene rings is 2. The van der Waals surface area contributed by atoms with Crippen LogP contribution in [-0.4, -0.2) is 38.0 Å². The third kappa shape index (κ3) is 7.64. The number of aliphatic hydroxyl groups is 1. The SMILES string of the molecule is CCOc1cc(CNCCCNCCO)ccc1OCc1ccc(F)cc1Cl. The molecule has 154 valence electrons. The molecule has 0 bridgehead atoms. The lowest BCUT2D eigenvalue weighted by Gasteiger charge is -2.14. The zero-order chi connectivity index (χ0) is 20.2. The fraction of sp³-hybridized carbons (Fsp3) is 0.429. The van der Waals surface area contributed by atoms with Crippen LogP contribution in [0.25, 0.3) is 0 Å². The Morgan fingerprint density at radius 2 is 1.82 bits per heavy atom. The van der Waals surface area contributed by atoms with Crippen molar-refractivity contribution in [1.82, 2.24) is 10.6 Å². The van der Waals surface area contributed by atoms with Crippen LogP contribution in [0.15, 0.2) is 36.4 Å². The van der Waals surface area contributed by atoms with E-state index < -0.39 is 0 Å². The highest BCUT2D eigenvalue weighted by Gasteiger charge is 2.09. The fourth-order valence-corrected chi connectivity index (χ4v) is 2.84. The van der Waals surface area contributed by atoms with E-state index in [9.17, 15) is 4.39 Å². The number of rotatable bonds is 13. The van der Waals surface area contributed by atoms with Gasteiger partial charge in [-0.05, 0) is 56.3 Å². The molecule has 2 aromatic carbocycles. The molecule has 0 saturated carbocycles. The minimum Gasteiger partial charge on any atom is -0.490 e. The van der Waals surface area contributed by atoms with Gasteiger partial charge in [-0.1, -0.05) is 23.7 Å². The molecule has 5 nitrogen and oxygen atoms in total. The van der Waals surface area contributed by atoms with Gasteiger partial charge in [0.2, 0.25) is 0 Å². The molecule has 0 atom stereocenters. The average molecular weight is 411 g/mol. The van der Waals surface area contributed by atoms with Crippen molar-refractivity contribution in [3.63, 3.8) is 0 Å². The summed E-state index contributed by atoms with van der Waals surface area (Å²) in [6.45, 7) is 5.95. The molecule has 0 radical (unpaired) electrons. The molecule has 7 heteroatoms. The first-order valence-corrected chi connectivity index (χ1v) is 9.86. The van der Waals surface area contributed by atoms with Crippen LogP contribution in [0, 0.1) is 5.82 Å². The molecule has 0 unspecified atom stereocenters. The molecule has 0 amide bonds. The lowest BCUT2D eigenvalue weighted by Crippen LogP contribution is -2.23. The van der Waals surface area contributed by atoms with Gasteiger partial charge in [0.1, 0.15) is 12.4 Å². The lowest BCUT2D eigenvalue weighted by molar-refractivity contribution is 0.269. The first kappa shape index (κ1) is 22.4. The smallest absolute Gasteiger partial charge is 0.161 e. The zero-order valence-corrected chi connectivity index (χ0v) is 16.9. The van der Waals surface area contributed by atoms with Crippen molar-refractivity contribution in [2.75, 3.05) is 32.8 Å². The molecule has 0 fully saturated rings. The molecule has 3 N–H and O–H groups in total. The number of nitrogens with one attached hydrogen (secondary N) is 2. The van der Waals surface area contributed by atoms with E-state index in [1.807, 2.05) is 25.1 Å². The Hall–Kier alpha value is -1.86. The van der Waals surface area contributed by atoms with Crippen molar-refractivity contribution < 1.29 is 19.0 Å². The van der Waals surface area contributed by atoms with Crippen LogP contribution in [0.4, 0.5) is 4.39 Å². The number of hydrogen-bond acceptors (Lipinski definition) is 5. The summed E-state index contributed by atoms with van der Waals surface area (Å²) in [5, 5.41) is 15.6. The van der Waals surface area contributed by atoms with E-state index in [2.05, 4.69) is 10.6 Å². The maximum atomic E-state index is 13.2. The van der Waals surface area contributed by atoms with Crippen LogP contribution in [0.2, 0.25) is 5.02 Å². The Balaban J connectivity index is 1.88. The molecule has 0 aliphatic rings. The van der Waals surface area contributed by atoms with Gasteiger partial charge in [-0.15, -0.1) is 0 Å². The molecule has 28 heavy (non-hydrogen) atoms. The molecular formula is C21H28ClFN2O3. The Bertz CT molecular complexity index is 731. The van der Waals surface area contributed by atoms with E-state index in [0.717, 1.165) is 31.6 Å². The first-order valence-electron chi connectivity index (χ1n) is 9.48. The summed E-state index contributed by atoms with van der Waals surface area (Å²) < 4.78 is 24.7. The molecule has 0 aliphatic heterocycles. The van der Waals surface area contributed by atoms with Crippen LogP contribution < -0.4 is 20.1 Å². The van der Waals surface area contributed by atoms with Crippen molar-refractivity contribution in [3.8, 4) is 11.5 Å². The van der Waals surface area contributed by atoms with E-state index in [0.29, 0.717) is 35.2 Å². The van der Waals surface area contributed by atoms with Gasteiger partial charge < -0.3 is 25.2 Å². The van der Waals surface area contributed by atoms with Crippen molar-refractivity contribution in [2.24, 2.45) is 0 Å². The number of aliphatic hydroxyl groups excluding tert-OH is 1. The van der Waals surface area contributed by atoms with E-state index in [1.165, 1.54) is 12.1 Å². The molecule has 0 aromatic heterocycles. The monoisotopic (exact) mass is 410 g/mol. The number of halogens is 2. The summed E-state index contributed by atoms with van der Waals surface area (Å²) in [5.41, 5.74) is 1.81. The summed E-state index contributed by atoms with van der Waals surface area (Å²) in [4.78, 5) is 0. The standard InChI is InChI=1S/C21H28ClFN2O3/c1-2-27-21-12-16(14-25-9-3-8-24-10-11-26)4-7-20(21)28-15-17-5-6-18(23)13-19(17)22/h4-7,12-13,24-26H,2-3,8-11,14-15H2,1H3. The second kappa shape index (κ2) is 12.6. The van der Waals surface area contributed by atoms with Crippen molar-refractivity contribution in [3.05, 3.63) is 58.4 Å². The molecule has 0 aliphatic carbocycles. The summed E-state index contributed by atoms with van der Waals surface area (Å²) in [6.07, 6.45) is 0.984. The predicted octanol–water partition coefficient (Wildman–Crippen LogP) is 3.52. The maximum absolute atomic E-state index is 13.2. The predicted molar refractivity (Wildman–Crippen MR) is 110 cm³/mol. The van der Waals surface area contributed by atoms with Gasteiger partial charge in [-0.3, -0.25) is 0 Å². The van der Waals surface area contributed by atoms with Gasteiger partial charge in [0, 0.05) is 18.7 Å². The minimum atomic E-state index is -0.371. The third-order valence-corrected chi connectivity index (χ3v) is 4.38. The van der Waals surface area contributed by atoms with Gasteiger partial charge in [0.25, 0.3) is 0 Å². The Morgan fingerprint density at radius 1 is 1.00 bits per heavy atom. The second-order valence-electron chi connectivity index (χ2n) is 6.24. The van der Waals surface area contributed by atoms with E-state index >= 15 is 0 Å². The van der Waals surface area contributed by atoms with Gasteiger partial charge in [-0.25, -0.2) is 4.39 Å². The van der Waals surface area contributed by atoms with Crippen molar-refractivity contribution in [2.45, 2.75) is 26.5 Å². The Labute approximate surface area is 170 Å². The Kier molecular flexibility index (Phi) is 10.1. The molecule has 0 saturated heterocycles. The van der Waals surface area contributed by atoms with Crippen LogP contribution in [-0.2, 0) is 13.2 Å². The van der Waals surface area contributed by atoms with Crippen LogP contribution in [0.3, 0.4) is 0 Å². The van der Waals surface area contributed by atoms with E-state index in [-0.39, 0.29) is 19.0 Å². The second-order valence-corrected chi connectivity index (χ2v) is 6.65. The Morgan fingerprint density at radius 3 is 2.57 bits per heavy atom. The van der Waals surface area contributed by atoms with Crippen molar-refractivity contribution >= 4 is 11.6 Å². The molecular weight excluding hydrogens is 383 g/mol. The van der Waals surface area contributed by atoms with Gasteiger partial charge >= 0.3 is 0 Å². The van der Waals surface area contributed by atoms with E-state index in [4.69, 9.17) is 26.2 Å². The van der Waals surface area contributed by atoms with Crippen LogP contribution in [0.5, 0.6) is 11.5 Å². The summed E-state index contributed by atoms with van der Waals surface area (Å²) in [7, 11) is 0. The van der Waals surface area contributed by atoms with Crippen LogP contribution in [0.1, 0.15) is 24.5 Å². The maximum Gasteiger partial charge on any atom is 0.161 e. The molecule has 2 aromatic rings. The highest BCUT2D eigenvalue weighted by Crippen LogP contribution is 2.30. The molecule has 0 heterocycles. The fourth-order valence-electron chi connectivity index (χ4n) is 2.62. The number of hydrogen-bond donors (Lipinski definition) is 3. The summed E-state index contributed by atoms with van der Waals surface area (Å²) in [6, 6.07) is 10.1. The minimum absolute atomic E-state index is 0.162.